The Morgan fingerprint density at radius 1 is 1.03 bits per heavy atom. The first-order chi connectivity index (χ1) is 15.6. The summed E-state index contributed by atoms with van der Waals surface area (Å²) in [7, 11) is 0. The van der Waals surface area contributed by atoms with Gasteiger partial charge in [-0.05, 0) is 62.1 Å². The Kier molecular flexibility index (Phi) is 7.53. The van der Waals surface area contributed by atoms with E-state index in [0.717, 1.165) is 49.8 Å². The van der Waals surface area contributed by atoms with Crippen LogP contribution in [0.2, 0.25) is 0 Å². The van der Waals surface area contributed by atoms with Crippen molar-refractivity contribution in [3.8, 4) is 0 Å². The maximum Gasteiger partial charge on any atom is 0.242 e. The van der Waals surface area contributed by atoms with Crippen molar-refractivity contribution in [2.24, 2.45) is 11.7 Å². The molecule has 0 spiro atoms. The highest BCUT2D eigenvalue weighted by molar-refractivity contribution is 5.88. The van der Waals surface area contributed by atoms with Crippen LogP contribution in [0.1, 0.15) is 62.1 Å². The summed E-state index contributed by atoms with van der Waals surface area (Å²) in [5.41, 5.74) is 7.93. The highest BCUT2D eigenvalue weighted by atomic mass is 16.2. The molecule has 32 heavy (non-hydrogen) atoms. The first kappa shape index (κ1) is 22.5. The molecule has 1 aromatic heterocycles. The van der Waals surface area contributed by atoms with Crippen LogP contribution in [0.25, 0.3) is 0 Å². The monoisotopic (exact) mass is 434 g/mol. The predicted octanol–water partition coefficient (Wildman–Crippen LogP) is 3.23. The number of aromatic nitrogens is 1. The van der Waals surface area contributed by atoms with Crippen LogP contribution in [0, 0.1) is 5.92 Å². The van der Waals surface area contributed by atoms with E-state index in [1.165, 1.54) is 0 Å². The Morgan fingerprint density at radius 3 is 2.50 bits per heavy atom. The second-order valence-corrected chi connectivity index (χ2v) is 9.19. The zero-order valence-electron chi connectivity index (χ0n) is 18.7. The summed E-state index contributed by atoms with van der Waals surface area (Å²) < 4.78 is 0. The molecule has 2 amide bonds. The van der Waals surface area contributed by atoms with Crippen LogP contribution in [0.4, 0.5) is 0 Å². The molecule has 1 saturated carbocycles. The largest absolute Gasteiger partial charge is 0.354 e. The smallest absolute Gasteiger partial charge is 0.242 e. The molecule has 1 aromatic carbocycles. The van der Waals surface area contributed by atoms with E-state index >= 15 is 0 Å². The van der Waals surface area contributed by atoms with Gasteiger partial charge in [-0.1, -0.05) is 36.4 Å². The van der Waals surface area contributed by atoms with E-state index < -0.39 is 0 Å². The summed E-state index contributed by atoms with van der Waals surface area (Å²) in [5.74, 6) is 0.377. The molecule has 1 aliphatic carbocycles. The van der Waals surface area contributed by atoms with Gasteiger partial charge in [0.1, 0.15) is 6.04 Å². The highest BCUT2D eigenvalue weighted by Crippen LogP contribution is 2.29. The van der Waals surface area contributed by atoms with Crippen molar-refractivity contribution in [1.82, 2.24) is 15.2 Å². The van der Waals surface area contributed by atoms with Gasteiger partial charge in [0.25, 0.3) is 0 Å². The molecule has 2 heterocycles. The fraction of sp³-hybridized carbons (Fsp3) is 0.500. The lowest BCUT2D eigenvalue weighted by Gasteiger charge is -2.29. The molecule has 2 atom stereocenters. The Bertz CT molecular complexity index is 842. The van der Waals surface area contributed by atoms with Crippen LogP contribution in [0.3, 0.4) is 0 Å². The van der Waals surface area contributed by atoms with Crippen molar-refractivity contribution in [2.75, 3.05) is 13.1 Å². The lowest BCUT2D eigenvalue weighted by Crippen LogP contribution is -2.47. The van der Waals surface area contributed by atoms with Crippen molar-refractivity contribution >= 4 is 11.8 Å². The van der Waals surface area contributed by atoms with E-state index in [-0.39, 0.29) is 23.8 Å². The summed E-state index contributed by atoms with van der Waals surface area (Å²) in [6.07, 6.45) is 7.86. The third-order valence-corrected chi connectivity index (χ3v) is 6.96. The zero-order chi connectivity index (χ0) is 22.3. The van der Waals surface area contributed by atoms with Crippen LogP contribution in [0.15, 0.2) is 54.7 Å². The van der Waals surface area contributed by atoms with E-state index in [1.54, 1.807) is 11.1 Å². The Labute approximate surface area is 190 Å². The number of nitrogens with two attached hydrogens (primary N) is 1. The fourth-order valence-corrected chi connectivity index (χ4v) is 5.05. The van der Waals surface area contributed by atoms with Gasteiger partial charge in [-0.15, -0.1) is 0 Å². The van der Waals surface area contributed by atoms with E-state index in [4.69, 9.17) is 5.73 Å². The van der Waals surface area contributed by atoms with Gasteiger partial charge in [0.2, 0.25) is 11.8 Å². The van der Waals surface area contributed by atoms with E-state index in [1.807, 2.05) is 48.5 Å². The third-order valence-electron chi connectivity index (χ3n) is 6.96. The number of amides is 2. The summed E-state index contributed by atoms with van der Waals surface area (Å²) >= 11 is 0. The Balaban J connectivity index is 1.40. The summed E-state index contributed by atoms with van der Waals surface area (Å²) in [6.45, 7) is 1.32. The van der Waals surface area contributed by atoms with Gasteiger partial charge in [0.05, 0.1) is 0 Å². The first-order valence-corrected chi connectivity index (χ1v) is 11.9. The Hall–Kier alpha value is -2.73. The molecule has 2 aliphatic rings. The van der Waals surface area contributed by atoms with Gasteiger partial charge in [0.15, 0.2) is 0 Å². The standard InChI is InChI=1S/C26H34N4O2/c27-21-13-11-19(12-14-21)18-29-26(32)24-10-6-16-30(24)25(31)17-22(20-7-2-1-3-8-20)23-9-4-5-15-28-23/h1-5,7-9,15,19,21-22,24H,6,10-14,16-18,27H2,(H,29,32)/t19?,21?,22-,24-/m0/s1. The molecule has 0 bridgehead atoms. The van der Waals surface area contributed by atoms with Gasteiger partial charge < -0.3 is 16.0 Å². The van der Waals surface area contributed by atoms with Crippen LogP contribution >= 0.6 is 0 Å². The molecule has 2 fully saturated rings. The van der Waals surface area contributed by atoms with Crippen LogP contribution < -0.4 is 11.1 Å². The number of carbonyl (C=O) groups is 2. The number of rotatable bonds is 7. The zero-order valence-corrected chi connectivity index (χ0v) is 18.7. The van der Waals surface area contributed by atoms with Crippen molar-refractivity contribution in [3.63, 3.8) is 0 Å². The number of nitrogens with zero attached hydrogens (tertiary/aromatic N) is 2. The number of benzene rings is 1. The molecule has 4 rings (SSSR count). The topological polar surface area (TPSA) is 88.3 Å². The second-order valence-electron chi connectivity index (χ2n) is 9.19. The number of likely N-dealkylation sites (tertiary alicyclic amines) is 1. The van der Waals surface area contributed by atoms with Crippen molar-refractivity contribution in [2.45, 2.75) is 62.9 Å². The fourth-order valence-electron chi connectivity index (χ4n) is 5.05. The molecule has 0 unspecified atom stereocenters. The van der Waals surface area contributed by atoms with Gasteiger partial charge in [-0.3, -0.25) is 14.6 Å². The maximum atomic E-state index is 13.4. The number of pyridine rings is 1. The number of nitrogens with one attached hydrogen (secondary N) is 1. The average molecular weight is 435 g/mol. The molecule has 170 valence electrons. The molecule has 0 radical (unpaired) electrons. The molecule has 6 nitrogen and oxygen atoms in total. The normalized spacial score (nSPS) is 24.2. The molecule has 3 N–H and O–H groups in total. The van der Waals surface area contributed by atoms with Crippen LogP contribution in [-0.2, 0) is 9.59 Å². The van der Waals surface area contributed by atoms with Gasteiger partial charge >= 0.3 is 0 Å². The molecule has 1 saturated heterocycles. The van der Waals surface area contributed by atoms with E-state index in [9.17, 15) is 9.59 Å². The highest BCUT2D eigenvalue weighted by Gasteiger charge is 2.35. The molecular formula is C26H34N4O2. The molecule has 1 aliphatic heterocycles. The second kappa shape index (κ2) is 10.7. The summed E-state index contributed by atoms with van der Waals surface area (Å²) in [5, 5.41) is 3.12. The molecular weight excluding hydrogens is 400 g/mol. The minimum absolute atomic E-state index is 0.0141. The van der Waals surface area contributed by atoms with Gasteiger partial charge in [0, 0.05) is 43.4 Å². The van der Waals surface area contributed by atoms with Gasteiger partial charge in [-0.2, -0.15) is 0 Å². The van der Waals surface area contributed by atoms with Crippen molar-refractivity contribution in [1.29, 1.82) is 0 Å². The molecule has 2 aromatic rings. The van der Waals surface area contributed by atoms with Gasteiger partial charge in [-0.25, -0.2) is 0 Å². The summed E-state index contributed by atoms with van der Waals surface area (Å²) in [6, 6.07) is 15.8. The molecule has 6 heteroatoms. The first-order valence-electron chi connectivity index (χ1n) is 11.9. The van der Waals surface area contributed by atoms with Crippen LogP contribution in [-0.4, -0.2) is 46.9 Å². The number of carbonyl (C=O) groups excluding carboxylic acids is 2. The summed E-state index contributed by atoms with van der Waals surface area (Å²) in [4.78, 5) is 32.6. The van der Waals surface area contributed by atoms with E-state index in [0.29, 0.717) is 31.5 Å². The van der Waals surface area contributed by atoms with Crippen LogP contribution in [0.5, 0.6) is 0 Å². The average Bonchev–Trinajstić information content (AvgIpc) is 3.33. The third kappa shape index (κ3) is 5.54. The SMILES string of the molecule is NC1CCC(CNC(=O)[C@@H]2CCCN2C(=O)C[C@@H](c2ccccc2)c2ccccn2)CC1. The van der Waals surface area contributed by atoms with Crippen molar-refractivity contribution in [3.05, 3.63) is 66.0 Å². The van der Waals surface area contributed by atoms with E-state index in [2.05, 4.69) is 10.3 Å². The van der Waals surface area contributed by atoms with Crippen molar-refractivity contribution < 1.29 is 9.59 Å². The minimum atomic E-state index is -0.367. The minimum Gasteiger partial charge on any atom is -0.354 e. The lowest BCUT2D eigenvalue weighted by atomic mass is 9.86. The quantitative estimate of drug-likeness (QED) is 0.700. The number of hydrogen-bond donors (Lipinski definition) is 2. The maximum absolute atomic E-state index is 13.4. The number of hydrogen-bond acceptors (Lipinski definition) is 4. The lowest BCUT2D eigenvalue weighted by molar-refractivity contribution is -0.138. The predicted molar refractivity (Wildman–Crippen MR) is 125 cm³/mol. The Morgan fingerprint density at radius 2 is 1.78 bits per heavy atom.